The van der Waals surface area contributed by atoms with Crippen molar-refractivity contribution in [2.45, 2.75) is 27.7 Å². The Hall–Kier alpha value is -2.86. The minimum Gasteiger partial charge on any atom is -0.0622 e. The van der Waals surface area contributed by atoms with Gasteiger partial charge in [-0.15, -0.1) is 0 Å². The molecule has 0 radical (unpaired) electrons. The highest BCUT2D eigenvalue weighted by Gasteiger charge is 2.44. The second kappa shape index (κ2) is 6.70. The molecule has 0 saturated carbocycles. The quantitative estimate of drug-likeness (QED) is 0.465. The topological polar surface area (TPSA) is 0 Å². The van der Waals surface area contributed by atoms with Crippen LogP contribution in [0.15, 0.2) is 90.5 Å². The van der Waals surface area contributed by atoms with Gasteiger partial charge < -0.3 is 0 Å². The van der Waals surface area contributed by atoms with Gasteiger partial charge in [0.2, 0.25) is 0 Å². The first-order chi connectivity index (χ1) is 13.0. The van der Waals surface area contributed by atoms with Crippen LogP contribution in [0.3, 0.4) is 0 Å². The molecule has 3 aromatic carbocycles. The molecule has 0 spiro atoms. The number of hydrogen-bond donors (Lipinski definition) is 0. The molecule has 0 nitrogen and oxygen atoms in total. The molecule has 0 heteroatoms. The Bertz CT molecular complexity index is 964. The van der Waals surface area contributed by atoms with Crippen molar-refractivity contribution in [1.29, 1.82) is 0 Å². The van der Waals surface area contributed by atoms with Gasteiger partial charge in [0, 0.05) is 5.41 Å². The fraction of sp³-hybridized carbons (Fsp3) is 0.185. The summed E-state index contributed by atoms with van der Waals surface area (Å²) in [6.45, 7) is 8.92. The van der Waals surface area contributed by atoms with Crippen molar-refractivity contribution in [3.05, 3.63) is 118 Å². The molecule has 1 aliphatic rings. The smallest absolute Gasteiger partial charge is 0.0159 e. The molecule has 0 heterocycles. The van der Waals surface area contributed by atoms with Crippen LogP contribution in [-0.2, 0) is 0 Å². The van der Waals surface area contributed by atoms with Crippen LogP contribution in [0, 0.1) is 19.3 Å². The summed E-state index contributed by atoms with van der Waals surface area (Å²) in [5.74, 6) is 0. The predicted octanol–water partition coefficient (Wildman–Crippen LogP) is 7.23. The van der Waals surface area contributed by atoms with Crippen molar-refractivity contribution >= 4 is 11.1 Å². The summed E-state index contributed by atoms with van der Waals surface area (Å²) in [5.41, 5.74) is 10.8. The van der Waals surface area contributed by atoms with Gasteiger partial charge in [0.05, 0.1) is 0 Å². The van der Waals surface area contributed by atoms with Crippen molar-refractivity contribution < 1.29 is 0 Å². The van der Waals surface area contributed by atoms with Crippen LogP contribution in [0.25, 0.3) is 11.1 Å². The van der Waals surface area contributed by atoms with Crippen molar-refractivity contribution in [1.82, 2.24) is 0 Å². The zero-order valence-electron chi connectivity index (χ0n) is 16.6. The van der Waals surface area contributed by atoms with E-state index >= 15 is 0 Å². The average molecular weight is 351 g/mol. The fourth-order valence-electron chi connectivity index (χ4n) is 3.82. The maximum atomic E-state index is 2.40. The van der Waals surface area contributed by atoms with Crippen LogP contribution in [0.1, 0.15) is 41.7 Å². The summed E-state index contributed by atoms with van der Waals surface area (Å²) in [5, 5.41) is 0. The standard InChI is InChI=1S/C27H26/c1-19-10-14-21(15-11-19)24(22-16-12-20(2)13-17-22)18-25-26(27(25,3)4)23-8-6-5-7-9-23/h5-18H,1-4H3. The molecule has 0 bridgehead atoms. The summed E-state index contributed by atoms with van der Waals surface area (Å²) in [6.07, 6.45) is 2.40. The van der Waals surface area contributed by atoms with E-state index in [-0.39, 0.29) is 5.41 Å². The normalized spacial score (nSPS) is 14.8. The van der Waals surface area contributed by atoms with Crippen LogP contribution in [0.5, 0.6) is 0 Å². The molecule has 0 fully saturated rings. The van der Waals surface area contributed by atoms with E-state index in [0.29, 0.717) is 0 Å². The van der Waals surface area contributed by atoms with Gasteiger partial charge in [0.25, 0.3) is 0 Å². The second-order valence-corrected chi connectivity index (χ2v) is 8.07. The first kappa shape index (κ1) is 17.5. The van der Waals surface area contributed by atoms with E-state index in [1.54, 1.807) is 0 Å². The predicted molar refractivity (Wildman–Crippen MR) is 117 cm³/mol. The number of aryl methyl sites for hydroxylation is 2. The Morgan fingerprint density at radius 3 is 1.63 bits per heavy atom. The fourth-order valence-corrected chi connectivity index (χ4v) is 3.82. The van der Waals surface area contributed by atoms with Gasteiger partial charge in [-0.1, -0.05) is 104 Å². The third-order valence-corrected chi connectivity index (χ3v) is 5.58. The number of hydrogen-bond acceptors (Lipinski definition) is 0. The lowest BCUT2D eigenvalue weighted by molar-refractivity contribution is 0.724. The molecule has 1 aliphatic carbocycles. The zero-order valence-corrected chi connectivity index (χ0v) is 16.6. The minimum absolute atomic E-state index is 0.127. The number of allylic oxidation sites excluding steroid dienone is 3. The van der Waals surface area contributed by atoms with Gasteiger partial charge in [0.1, 0.15) is 0 Å². The summed E-state index contributed by atoms with van der Waals surface area (Å²) in [7, 11) is 0. The highest BCUT2D eigenvalue weighted by molar-refractivity contribution is 5.96. The van der Waals surface area contributed by atoms with Gasteiger partial charge in [-0.05, 0) is 53.3 Å². The summed E-state index contributed by atoms with van der Waals surface area (Å²) >= 11 is 0. The average Bonchev–Trinajstić information content (AvgIpc) is 3.22. The zero-order chi connectivity index (χ0) is 19.0. The number of rotatable bonds is 4. The van der Waals surface area contributed by atoms with E-state index in [1.807, 2.05) is 0 Å². The Labute approximate surface area is 162 Å². The van der Waals surface area contributed by atoms with Crippen molar-refractivity contribution in [3.63, 3.8) is 0 Å². The third kappa shape index (κ3) is 3.40. The summed E-state index contributed by atoms with van der Waals surface area (Å²) in [4.78, 5) is 0. The van der Waals surface area contributed by atoms with Gasteiger partial charge >= 0.3 is 0 Å². The molecule has 0 N–H and O–H groups in total. The third-order valence-electron chi connectivity index (χ3n) is 5.58. The van der Waals surface area contributed by atoms with Crippen molar-refractivity contribution in [2.24, 2.45) is 5.41 Å². The Kier molecular flexibility index (Phi) is 4.36. The number of benzene rings is 3. The lowest BCUT2D eigenvalue weighted by atomic mass is 9.93. The van der Waals surface area contributed by atoms with E-state index in [9.17, 15) is 0 Å². The highest BCUT2D eigenvalue weighted by atomic mass is 14.5. The molecule has 0 aromatic heterocycles. The van der Waals surface area contributed by atoms with E-state index in [2.05, 4.69) is 113 Å². The van der Waals surface area contributed by atoms with Gasteiger partial charge in [0.15, 0.2) is 0 Å². The lowest BCUT2D eigenvalue weighted by Crippen LogP contribution is -1.94. The molecule has 134 valence electrons. The first-order valence-corrected chi connectivity index (χ1v) is 9.63. The molecule has 0 unspecified atom stereocenters. The lowest BCUT2D eigenvalue weighted by Gasteiger charge is -2.10. The minimum atomic E-state index is 0.127. The SMILES string of the molecule is Cc1ccc(C(=CC2=C(c3ccccc3)C2(C)C)c2ccc(C)cc2)cc1. The molecule has 0 aliphatic heterocycles. The Morgan fingerprint density at radius 2 is 1.15 bits per heavy atom. The van der Waals surface area contributed by atoms with E-state index in [4.69, 9.17) is 0 Å². The van der Waals surface area contributed by atoms with Gasteiger partial charge in [-0.2, -0.15) is 0 Å². The molecule has 27 heavy (non-hydrogen) atoms. The monoisotopic (exact) mass is 350 g/mol. The van der Waals surface area contributed by atoms with Crippen molar-refractivity contribution in [3.8, 4) is 0 Å². The molecule has 3 aromatic rings. The second-order valence-electron chi connectivity index (χ2n) is 8.07. The maximum absolute atomic E-state index is 2.40. The van der Waals surface area contributed by atoms with E-state index in [1.165, 1.54) is 44.5 Å². The van der Waals surface area contributed by atoms with Gasteiger partial charge in [-0.25, -0.2) is 0 Å². The first-order valence-electron chi connectivity index (χ1n) is 9.63. The summed E-state index contributed by atoms with van der Waals surface area (Å²) < 4.78 is 0. The molecule has 0 atom stereocenters. The van der Waals surface area contributed by atoms with Crippen LogP contribution < -0.4 is 0 Å². The molecular weight excluding hydrogens is 324 g/mol. The van der Waals surface area contributed by atoms with E-state index in [0.717, 1.165) is 0 Å². The molecule has 4 rings (SSSR count). The Morgan fingerprint density at radius 1 is 0.667 bits per heavy atom. The summed E-state index contributed by atoms with van der Waals surface area (Å²) in [6, 6.07) is 28.5. The largest absolute Gasteiger partial charge is 0.0622 e. The molecule has 0 amide bonds. The van der Waals surface area contributed by atoms with Crippen LogP contribution in [0.2, 0.25) is 0 Å². The van der Waals surface area contributed by atoms with Gasteiger partial charge in [-0.3, -0.25) is 0 Å². The van der Waals surface area contributed by atoms with Crippen LogP contribution in [0.4, 0.5) is 0 Å². The molecular formula is C27H26. The highest BCUT2D eigenvalue weighted by Crippen LogP contribution is 2.59. The maximum Gasteiger partial charge on any atom is 0.0159 e. The Balaban J connectivity index is 1.84. The van der Waals surface area contributed by atoms with Crippen LogP contribution >= 0.6 is 0 Å². The van der Waals surface area contributed by atoms with Crippen molar-refractivity contribution in [2.75, 3.05) is 0 Å². The van der Waals surface area contributed by atoms with Crippen LogP contribution in [-0.4, -0.2) is 0 Å². The van der Waals surface area contributed by atoms with E-state index < -0.39 is 0 Å². The molecule has 0 saturated heterocycles.